The average Bonchev–Trinajstić information content (AvgIpc) is 2.23. The number of nitrogen functional groups attached to an aromatic ring is 2. The molecule has 0 saturated carbocycles. The minimum absolute atomic E-state index is 0.0707. The van der Waals surface area contributed by atoms with Crippen LogP contribution in [-0.4, -0.2) is 10.1 Å². The lowest BCUT2D eigenvalue weighted by molar-refractivity contribution is 0.475. The van der Waals surface area contributed by atoms with Crippen LogP contribution in [-0.2, 0) is 0 Å². The molecule has 0 unspecified atom stereocenters. The molecule has 0 amide bonds. The predicted octanol–water partition coefficient (Wildman–Crippen LogP) is 0.912. The molecule has 2 rings (SSSR count). The van der Waals surface area contributed by atoms with Gasteiger partial charge < -0.3 is 21.6 Å². The Kier molecular flexibility index (Phi) is 2.28. The van der Waals surface area contributed by atoms with Crippen molar-refractivity contribution in [1.82, 2.24) is 4.98 Å². The molecule has 0 aliphatic carbocycles. The number of phenolic OH excluding ortho intramolecular Hbond substituents is 1. The molecule has 1 aromatic carbocycles. The van der Waals surface area contributed by atoms with Crippen molar-refractivity contribution in [2.75, 3.05) is 11.5 Å². The van der Waals surface area contributed by atoms with Crippen molar-refractivity contribution < 1.29 is 5.11 Å². The van der Waals surface area contributed by atoms with Gasteiger partial charge >= 0.3 is 0 Å². The highest BCUT2D eigenvalue weighted by atomic mass is 16.3. The maximum absolute atomic E-state index is 11.4. The quantitative estimate of drug-likeness (QED) is 0.569. The maximum Gasteiger partial charge on any atom is 0.271 e. The highest BCUT2D eigenvalue weighted by Gasteiger charge is 2.06. The Morgan fingerprint density at radius 2 is 1.88 bits per heavy atom. The van der Waals surface area contributed by atoms with Gasteiger partial charge in [0.15, 0.2) is 0 Å². The molecule has 0 spiro atoms. The molecule has 82 valence electrons. The summed E-state index contributed by atoms with van der Waals surface area (Å²) >= 11 is 0. The first-order chi connectivity index (χ1) is 7.58. The summed E-state index contributed by atoms with van der Waals surface area (Å²) in [6.45, 7) is 0. The molecule has 1 aromatic heterocycles. The van der Waals surface area contributed by atoms with Crippen LogP contribution in [0.4, 0.5) is 11.4 Å². The Morgan fingerprint density at radius 1 is 1.12 bits per heavy atom. The van der Waals surface area contributed by atoms with E-state index in [1.807, 2.05) is 0 Å². The van der Waals surface area contributed by atoms with E-state index in [-0.39, 0.29) is 11.4 Å². The number of rotatable bonds is 1. The minimum atomic E-state index is -0.396. The first-order valence-electron chi connectivity index (χ1n) is 4.65. The fraction of sp³-hybridized carbons (Fsp3) is 0. The van der Waals surface area contributed by atoms with E-state index < -0.39 is 5.56 Å². The average molecular weight is 217 g/mol. The van der Waals surface area contributed by atoms with Crippen LogP contribution in [0.25, 0.3) is 11.3 Å². The summed E-state index contributed by atoms with van der Waals surface area (Å²) in [5.41, 5.74) is 12.3. The zero-order valence-corrected chi connectivity index (χ0v) is 8.40. The van der Waals surface area contributed by atoms with Gasteiger partial charge in [-0.3, -0.25) is 4.79 Å². The van der Waals surface area contributed by atoms with Gasteiger partial charge in [-0.15, -0.1) is 0 Å². The third-order valence-corrected chi connectivity index (χ3v) is 2.24. The van der Waals surface area contributed by atoms with Gasteiger partial charge in [0.1, 0.15) is 5.75 Å². The van der Waals surface area contributed by atoms with Crippen LogP contribution in [0.3, 0.4) is 0 Å². The van der Waals surface area contributed by atoms with Crippen molar-refractivity contribution in [3.63, 3.8) is 0 Å². The molecule has 0 aliphatic rings. The van der Waals surface area contributed by atoms with Crippen LogP contribution in [0.5, 0.6) is 5.75 Å². The lowest BCUT2D eigenvalue weighted by Gasteiger charge is -2.06. The summed E-state index contributed by atoms with van der Waals surface area (Å²) in [6, 6.07) is 7.85. The third-order valence-electron chi connectivity index (χ3n) is 2.24. The Hall–Kier alpha value is -2.43. The van der Waals surface area contributed by atoms with Crippen molar-refractivity contribution in [2.24, 2.45) is 0 Å². The molecular formula is C11H11N3O2. The highest BCUT2D eigenvalue weighted by molar-refractivity contribution is 5.75. The molecule has 0 bridgehead atoms. The summed E-state index contributed by atoms with van der Waals surface area (Å²) < 4.78 is 0. The number of aromatic hydroxyl groups is 1. The van der Waals surface area contributed by atoms with E-state index in [0.717, 1.165) is 0 Å². The van der Waals surface area contributed by atoms with E-state index in [1.54, 1.807) is 12.1 Å². The van der Waals surface area contributed by atoms with Gasteiger partial charge in [0.25, 0.3) is 5.56 Å². The van der Waals surface area contributed by atoms with Crippen LogP contribution in [0, 0.1) is 0 Å². The standard InChI is InChI=1S/C11H11N3O2/c12-8-5-9(13)11(16)14-10(8)6-2-1-3-7(15)4-6/h1-5,15H,12-13H2,(H,14,16). The topological polar surface area (TPSA) is 105 Å². The molecule has 5 nitrogen and oxygen atoms in total. The molecule has 2 aromatic rings. The Morgan fingerprint density at radius 3 is 2.56 bits per heavy atom. The number of aromatic nitrogens is 1. The number of pyridine rings is 1. The van der Waals surface area contributed by atoms with Crippen molar-refractivity contribution in [3.8, 4) is 17.0 Å². The number of phenols is 1. The van der Waals surface area contributed by atoms with E-state index in [0.29, 0.717) is 16.9 Å². The highest BCUT2D eigenvalue weighted by Crippen LogP contribution is 2.25. The van der Waals surface area contributed by atoms with E-state index in [1.165, 1.54) is 18.2 Å². The van der Waals surface area contributed by atoms with E-state index in [2.05, 4.69) is 4.98 Å². The normalized spacial score (nSPS) is 10.2. The summed E-state index contributed by atoms with van der Waals surface area (Å²) in [6.07, 6.45) is 0. The molecule has 0 radical (unpaired) electrons. The molecule has 0 atom stereocenters. The Labute approximate surface area is 91.3 Å². The number of nitrogens with one attached hydrogen (secondary N) is 1. The lowest BCUT2D eigenvalue weighted by atomic mass is 10.1. The second-order valence-electron chi connectivity index (χ2n) is 3.43. The van der Waals surface area contributed by atoms with Crippen molar-refractivity contribution in [2.45, 2.75) is 0 Å². The molecule has 5 heteroatoms. The van der Waals surface area contributed by atoms with Gasteiger partial charge in [-0.25, -0.2) is 0 Å². The first-order valence-corrected chi connectivity index (χ1v) is 4.65. The number of anilines is 2. The number of H-pyrrole nitrogens is 1. The number of hydrogen-bond donors (Lipinski definition) is 4. The molecular weight excluding hydrogens is 206 g/mol. The lowest BCUT2D eigenvalue weighted by Crippen LogP contribution is -2.13. The predicted molar refractivity (Wildman–Crippen MR) is 63.0 cm³/mol. The van der Waals surface area contributed by atoms with Gasteiger partial charge in [0.05, 0.1) is 17.1 Å². The second-order valence-corrected chi connectivity index (χ2v) is 3.43. The number of benzene rings is 1. The van der Waals surface area contributed by atoms with Crippen LogP contribution >= 0.6 is 0 Å². The smallest absolute Gasteiger partial charge is 0.271 e. The first kappa shape index (κ1) is 10.1. The van der Waals surface area contributed by atoms with Gasteiger partial charge in [0.2, 0.25) is 0 Å². The minimum Gasteiger partial charge on any atom is -0.508 e. The summed E-state index contributed by atoms with van der Waals surface area (Å²) in [5, 5.41) is 9.33. The Bertz CT molecular complexity index is 590. The van der Waals surface area contributed by atoms with Crippen molar-refractivity contribution in [3.05, 3.63) is 40.7 Å². The molecule has 1 heterocycles. The molecule has 6 N–H and O–H groups in total. The van der Waals surface area contributed by atoms with Crippen molar-refractivity contribution in [1.29, 1.82) is 0 Å². The van der Waals surface area contributed by atoms with Gasteiger partial charge in [-0.05, 0) is 18.2 Å². The summed E-state index contributed by atoms with van der Waals surface area (Å²) in [4.78, 5) is 13.9. The van der Waals surface area contributed by atoms with Crippen LogP contribution in [0.15, 0.2) is 35.1 Å². The largest absolute Gasteiger partial charge is 0.508 e. The zero-order chi connectivity index (χ0) is 11.7. The zero-order valence-electron chi connectivity index (χ0n) is 8.40. The van der Waals surface area contributed by atoms with Crippen molar-refractivity contribution >= 4 is 11.4 Å². The Balaban J connectivity index is 2.65. The van der Waals surface area contributed by atoms with Gasteiger partial charge in [-0.2, -0.15) is 0 Å². The van der Waals surface area contributed by atoms with Crippen LogP contribution < -0.4 is 17.0 Å². The summed E-state index contributed by atoms with van der Waals surface area (Å²) in [5.74, 6) is 0.106. The van der Waals surface area contributed by atoms with E-state index in [4.69, 9.17) is 11.5 Å². The number of aromatic amines is 1. The maximum atomic E-state index is 11.4. The molecule has 0 aliphatic heterocycles. The second kappa shape index (κ2) is 3.62. The summed E-state index contributed by atoms with van der Waals surface area (Å²) in [7, 11) is 0. The SMILES string of the molecule is Nc1cc(N)c(=O)[nH]c1-c1cccc(O)c1. The fourth-order valence-electron chi connectivity index (χ4n) is 1.46. The molecule has 16 heavy (non-hydrogen) atoms. The van der Waals surface area contributed by atoms with Crippen LogP contribution in [0.2, 0.25) is 0 Å². The number of hydrogen-bond acceptors (Lipinski definition) is 4. The van der Waals surface area contributed by atoms with E-state index >= 15 is 0 Å². The molecule has 0 saturated heterocycles. The van der Waals surface area contributed by atoms with Gasteiger partial charge in [-0.1, -0.05) is 12.1 Å². The fourth-order valence-corrected chi connectivity index (χ4v) is 1.46. The number of nitrogens with two attached hydrogens (primary N) is 2. The van der Waals surface area contributed by atoms with E-state index in [9.17, 15) is 9.90 Å². The van der Waals surface area contributed by atoms with Crippen LogP contribution in [0.1, 0.15) is 0 Å². The monoisotopic (exact) mass is 217 g/mol. The van der Waals surface area contributed by atoms with Gasteiger partial charge in [0, 0.05) is 5.56 Å². The molecule has 0 fully saturated rings. The third kappa shape index (κ3) is 1.70.